The van der Waals surface area contributed by atoms with Crippen LogP contribution in [0.4, 0.5) is 40.7 Å². The predicted molar refractivity (Wildman–Crippen MR) is 175 cm³/mol. The van der Waals surface area contributed by atoms with Crippen molar-refractivity contribution < 1.29 is 30.7 Å². The number of anilines is 4. The molecular formula is C32H29F4N7O3S2. The molecular weight excluding hydrogens is 671 g/mol. The van der Waals surface area contributed by atoms with Crippen LogP contribution in [0, 0.1) is 5.82 Å². The number of alkyl halides is 3. The summed E-state index contributed by atoms with van der Waals surface area (Å²) >= 11 is 1.36. The van der Waals surface area contributed by atoms with E-state index in [1.807, 2.05) is 30.7 Å². The number of aromatic nitrogens is 4. The average molecular weight is 700 g/mol. The number of morpholine rings is 1. The van der Waals surface area contributed by atoms with Crippen LogP contribution < -0.4 is 14.9 Å². The van der Waals surface area contributed by atoms with Gasteiger partial charge in [0.05, 0.1) is 62.5 Å². The van der Waals surface area contributed by atoms with Crippen molar-refractivity contribution in [1.29, 1.82) is 0 Å². The Bertz CT molecular complexity index is 2030. The molecule has 250 valence electrons. The van der Waals surface area contributed by atoms with Crippen molar-refractivity contribution in [1.82, 2.24) is 19.9 Å². The summed E-state index contributed by atoms with van der Waals surface area (Å²) in [6.45, 7) is 6.71. The molecule has 1 saturated heterocycles. The number of hydrogen-bond donors (Lipinski definition) is 2. The third-order valence-corrected chi connectivity index (χ3v) is 10.1. The SMILES string of the molecule is CC(C)c1nc(-c2ccc(F)c(NS(=O)(=O)c3ccccc3C(F)(F)F)c2)c(-c2ccnc(Nc3ccc(N4CCOCC4)nc3)n2)s1. The lowest BCUT2D eigenvalue weighted by Gasteiger charge is -2.27. The first kappa shape index (κ1) is 33.2. The Morgan fingerprint density at radius 3 is 2.46 bits per heavy atom. The first-order chi connectivity index (χ1) is 22.9. The predicted octanol–water partition coefficient (Wildman–Crippen LogP) is 7.32. The van der Waals surface area contributed by atoms with Crippen LogP contribution in [0.25, 0.3) is 21.8 Å². The molecule has 0 saturated carbocycles. The quantitative estimate of drug-likeness (QED) is 0.152. The summed E-state index contributed by atoms with van der Waals surface area (Å²) in [6, 6.07) is 12.8. The maximum absolute atomic E-state index is 15.0. The number of hydrogen-bond acceptors (Lipinski definition) is 10. The molecule has 0 spiro atoms. The van der Waals surface area contributed by atoms with Gasteiger partial charge in [-0.05, 0) is 48.5 Å². The highest BCUT2D eigenvalue weighted by molar-refractivity contribution is 7.92. The number of halogens is 4. The maximum atomic E-state index is 15.0. The van der Waals surface area contributed by atoms with Crippen LogP contribution in [0.5, 0.6) is 0 Å². The van der Waals surface area contributed by atoms with E-state index >= 15 is 4.39 Å². The van der Waals surface area contributed by atoms with Crippen molar-refractivity contribution in [2.75, 3.05) is 41.2 Å². The topological polar surface area (TPSA) is 122 Å². The number of rotatable bonds is 9. The molecule has 6 rings (SSSR count). The smallest absolute Gasteiger partial charge is 0.378 e. The van der Waals surface area contributed by atoms with Gasteiger partial charge in [-0.15, -0.1) is 11.3 Å². The van der Waals surface area contributed by atoms with Gasteiger partial charge in [0.1, 0.15) is 11.6 Å². The van der Waals surface area contributed by atoms with E-state index in [2.05, 4.69) is 25.2 Å². The van der Waals surface area contributed by atoms with Gasteiger partial charge in [-0.1, -0.05) is 26.0 Å². The number of pyridine rings is 1. The Hall–Kier alpha value is -4.67. The van der Waals surface area contributed by atoms with Gasteiger partial charge >= 0.3 is 6.18 Å². The van der Waals surface area contributed by atoms with Crippen LogP contribution in [-0.2, 0) is 20.9 Å². The molecule has 1 aliphatic rings. The molecule has 5 aromatic rings. The Morgan fingerprint density at radius 1 is 0.979 bits per heavy atom. The second-order valence-corrected chi connectivity index (χ2v) is 13.8. The molecule has 16 heteroatoms. The van der Waals surface area contributed by atoms with E-state index in [9.17, 15) is 21.6 Å². The van der Waals surface area contributed by atoms with Gasteiger partial charge in [-0.3, -0.25) is 4.72 Å². The molecule has 10 nitrogen and oxygen atoms in total. The molecule has 0 bridgehead atoms. The van der Waals surface area contributed by atoms with E-state index in [4.69, 9.17) is 9.72 Å². The molecule has 0 atom stereocenters. The molecule has 4 heterocycles. The fourth-order valence-corrected chi connectivity index (χ4v) is 7.30. The van der Waals surface area contributed by atoms with Gasteiger partial charge in [0, 0.05) is 30.8 Å². The number of nitrogens with one attached hydrogen (secondary N) is 2. The summed E-state index contributed by atoms with van der Waals surface area (Å²) in [4.78, 5) is 20.0. The van der Waals surface area contributed by atoms with E-state index < -0.39 is 38.2 Å². The third kappa shape index (κ3) is 7.24. The molecule has 3 aromatic heterocycles. The highest BCUT2D eigenvalue weighted by atomic mass is 32.2. The van der Waals surface area contributed by atoms with Crippen molar-refractivity contribution in [2.24, 2.45) is 0 Å². The molecule has 0 aliphatic carbocycles. The fourth-order valence-electron chi connectivity index (χ4n) is 4.95. The highest BCUT2D eigenvalue weighted by Gasteiger charge is 2.37. The lowest BCUT2D eigenvalue weighted by Crippen LogP contribution is -2.36. The van der Waals surface area contributed by atoms with Gasteiger partial charge in [0.2, 0.25) is 5.95 Å². The Morgan fingerprint density at radius 2 is 1.75 bits per heavy atom. The van der Waals surface area contributed by atoms with Crippen LogP contribution >= 0.6 is 11.3 Å². The van der Waals surface area contributed by atoms with Crippen molar-refractivity contribution >= 4 is 44.5 Å². The minimum Gasteiger partial charge on any atom is -0.378 e. The summed E-state index contributed by atoms with van der Waals surface area (Å²) in [5.74, 6) is 0.152. The lowest BCUT2D eigenvalue weighted by atomic mass is 10.1. The van der Waals surface area contributed by atoms with Gasteiger partial charge in [0.25, 0.3) is 10.0 Å². The molecule has 0 unspecified atom stereocenters. The second kappa shape index (κ2) is 13.4. The summed E-state index contributed by atoms with van der Waals surface area (Å²) in [5, 5.41) is 3.89. The number of benzene rings is 2. The zero-order chi connectivity index (χ0) is 34.1. The third-order valence-electron chi connectivity index (χ3n) is 7.33. The van der Waals surface area contributed by atoms with Gasteiger partial charge in [-0.25, -0.2) is 32.7 Å². The summed E-state index contributed by atoms with van der Waals surface area (Å²) in [5.41, 5.74) is -0.0232. The fraction of sp³-hybridized carbons (Fsp3) is 0.250. The van der Waals surface area contributed by atoms with Crippen molar-refractivity contribution in [3.63, 3.8) is 0 Å². The number of thiazole rings is 1. The Labute approximate surface area is 277 Å². The number of ether oxygens (including phenoxy) is 1. The van der Waals surface area contributed by atoms with E-state index in [-0.39, 0.29) is 11.9 Å². The Balaban J connectivity index is 1.31. The standard InChI is InChI=1S/C32H29F4N7O3S2/c1-19(2)30-41-28(20-7-9-23(33)25(17-20)42-48(44,45)26-6-4-3-5-22(26)32(34,35)36)29(47-30)24-11-12-37-31(40-24)39-21-8-10-27(38-18-21)43-13-15-46-16-14-43/h3-12,17-19,42H,13-16H2,1-2H3,(H,37,39,40). The van der Waals surface area contributed by atoms with Gasteiger partial charge in [-0.2, -0.15) is 13.2 Å². The maximum Gasteiger partial charge on any atom is 0.417 e. The molecule has 1 fully saturated rings. The largest absolute Gasteiger partial charge is 0.417 e. The zero-order valence-electron chi connectivity index (χ0n) is 25.6. The number of nitrogens with zero attached hydrogens (tertiary/aromatic N) is 5. The zero-order valence-corrected chi connectivity index (χ0v) is 27.3. The van der Waals surface area contributed by atoms with Crippen molar-refractivity contribution in [3.05, 3.63) is 89.4 Å². The molecule has 2 aromatic carbocycles. The summed E-state index contributed by atoms with van der Waals surface area (Å²) < 4.78 is 89.4. The van der Waals surface area contributed by atoms with E-state index in [1.165, 1.54) is 23.5 Å². The van der Waals surface area contributed by atoms with E-state index in [0.29, 0.717) is 46.8 Å². The van der Waals surface area contributed by atoms with E-state index in [0.717, 1.165) is 48.2 Å². The Kier molecular flexibility index (Phi) is 9.31. The van der Waals surface area contributed by atoms with Crippen molar-refractivity contribution in [3.8, 4) is 21.8 Å². The van der Waals surface area contributed by atoms with Crippen molar-refractivity contribution in [2.45, 2.75) is 30.8 Å². The summed E-state index contributed by atoms with van der Waals surface area (Å²) in [6.07, 6.45) is -1.69. The minimum atomic E-state index is -4.94. The number of sulfonamides is 1. The molecule has 48 heavy (non-hydrogen) atoms. The summed E-state index contributed by atoms with van der Waals surface area (Å²) in [7, 11) is -4.83. The first-order valence-corrected chi connectivity index (χ1v) is 17.1. The van der Waals surface area contributed by atoms with Crippen LogP contribution in [0.3, 0.4) is 0 Å². The molecule has 0 amide bonds. The average Bonchev–Trinajstić information content (AvgIpc) is 3.53. The van der Waals surface area contributed by atoms with E-state index in [1.54, 1.807) is 18.5 Å². The lowest BCUT2D eigenvalue weighted by molar-refractivity contribution is -0.139. The van der Waals surface area contributed by atoms with Gasteiger partial charge in [0.15, 0.2) is 0 Å². The second-order valence-electron chi connectivity index (χ2n) is 11.1. The molecule has 1 aliphatic heterocycles. The molecule has 2 N–H and O–H groups in total. The monoisotopic (exact) mass is 699 g/mol. The first-order valence-electron chi connectivity index (χ1n) is 14.8. The normalized spacial score (nSPS) is 13.9. The van der Waals surface area contributed by atoms with Crippen LogP contribution in [-0.4, -0.2) is 54.7 Å². The highest BCUT2D eigenvalue weighted by Crippen LogP contribution is 2.40. The van der Waals surface area contributed by atoms with Crippen LogP contribution in [0.1, 0.15) is 30.3 Å². The minimum absolute atomic E-state index is 0.00952. The van der Waals surface area contributed by atoms with Gasteiger partial charge < -0.3 is 15.0 Å². The van der Waals surface area contributed by atoms with Crippen LogP contribution in [0.15, 0.2) is 78.0 Å². The van der Waals surface area contributed by atoms with Crippen LogP contribution in [0.2, 0.25) is 0 Å². The molecule has 0 radical (unpaired) electrons.